The van der Waals surface area contributed by atoms with Crippen LogP contribution in [0.15, 0.2) is 12.1 Å². The van der Waals surface area contributed by atoms with E-state index in [0.29, 0.717) is 0 Å². The van der Waals surface area contributed by atoms with Gasteiger partial charge in [-0.05, 0) is 58.0 Å². The molecule has 1 rings (SSSR count). The summed E-state index contributed by atoms with van der Waals surface area (Å²) in [4.78, 5) is 2.24. The smallest absolute Gasteiger partial charge is 0.142 e. The first-order valence-corrected chi connectivity index (χ1v) is 6.36. The Bertz CT molecular complexity index is 413. The lowest BCUT2D eigenvalue weighted by atomic mass is 10.0. The van der Waals surface area contributed by atoms with Crippen LogP contribution in [0.5, 0.6) is 5.75 Å². The Balaban J connectivity index is 3.05. The molecule has 0 aromatic heterocycles. The van der Waals surface area contributed by atoms with Gasteiger partial charge in [0.2, 0.25) is 0 Å². The van der Waals surface area contributed by atoms with Gasteiger partial charge in [0.05, 0.1) is 12.8 Å². The van der Waals surface area contributed by atoms with Crippen molar-refractivity contribution in [2.75, 3.05) is 32.6 Å². The summed E-state index contributed by atoms with van der Waals surface area (Å²) >= 11 is 0. The predicted molar refractivity (Wildman–Crippen MR) is 78.9 cm³/mol. The molecular formula is C15H26N2O. The van der Waals surface area contributed by atoms with Crippen molar-refractivity contribution in [3.8, 4) is 5.75 Å². The fourth-order valence-corrected chi connectivity index (χ4v) is 1.99. The van der Waals surface area contributed by atoms with E-state index in [1.807, 2.05) is 7.05 Å². The normalized spacial score (nSPS) is 11.5. The van der Waals surface area contributed by atoms with Crippen molar-refractivity contribution in [3.63, 3.8) is 0 Å². The Kier molecular flexibility index (Phi) is 4.63. The lowest BCUT2D eigenvalue weighted by Gasteiger charge is -2.32. The van der Waals surface area contributed by atoms with Crippen molar-refractivity contribution in [2.45, 2.75) is 33.2 Å². The first-order chi connectivity index (χ1) is 8.30. The summed E-state index contributed by atoms with van der Waals surface area (Å²) in [5.74, 6) is 0.938. The van der Waals surface area contributed by atoms with E-state index in [1.165, 1.54) is 11.1 Å². The zero-order chi connectivity index (χ0) is 13.9. The fraction of sp³-hybridized carbons (Fsp3) is 0.600. The van der Waals surface area contributed by atoms with Gasteiger partial charge in [-0.15, -0.1) is 0 Å². The van der Waals surface area contributed by atoms with Crippen LogP contribution in [0.1, 0.15) is 25.0 Å². The van der Waals surface area contributed by atoms with Gasteiger partial charge in [0, 0.05) is 19.1 Å². The first-order valence-electron chi connectivity index (χ1n) is 6.36. The van der Waals surface area contributed by atoms with Crippen LogP contribution in [-0.4, -0.2) is 33.3 Å². The summed E-state index contributed by atoms with van der Waals surface area (Å²) in [5, 5.41) is 3.32. The monoisotopic (exact) mass is 250 g/mol. The van der Waals surface area contributed by atoms with Crippen LogP contribution in [0.3, 0.4) is 0 Å². The maximum Gasteiger partial charge on any atom is 0.142 e. The van der Waals surface area contributed by atoms with Crippen LogP contribution in [0, 0.1) is 13.8 Å². The third kappa shape index (κ3) is 3.39. The first kappa shape index (κ1) is 14.8. The minimum absolute atomic E-state index is 0.0680. The van der Waals surface area contributed by atoms with Gasteiger partial charge in [0.1, 0.15) is 5.75 Å². The van der Waals surface area contributed by atoms with E-state index >= 15 is 0 Å². The Labute approximate surface area is 111 Å². The zero-order valence-electron chi connectivity index (χ0n) is 12.7. The molecule has 0 saturated carbocycles. The number of methoxy groups -OCH3 is 1. The van der Waals surface area contributed by atoms with E-state index in [2.05, 4.69) is 57.1 Å². The van der Waals surface area contributed by atoms with Crippen LogP contribution < -0.4 is 15.0 Å². The largest absolute Gasteiger partial charge is 0.495 e. The molecule has 0 unspecified atom stereocenters. The molecule has 3 nitrogen and oxygen atoms in total. The summed E-state index contributed by atoms with van der Waals surface area (Å²) in [5.41, 5.74) is 3.76. The number of anilines is 1. The average Bonchev–Trinajstić information content (AvgIpc) is 2.31. The van der Waals surface area contributed by atoms with Crippen LogP contribution in [-0.2, 0) is 0 Å². The second-order valence-corrected chi connectivity index (χ2v) is 5.60. The van der Waals surface area contributed by atoms with Gasteiger partial charge in [-0.25, -0.2) is 0 Å². The third-order valence-corrected chi connectivity index (χ3v) is 3.52. The lowest BCUT2D eigenvalue weighted by Crippen LogP contribution is -2.46. The molecule has 0 fully saturated rings. The minimum Gasteiger partial charge on any atom is -0.495 e. The van der Waals surface area contributed by atoms with E-state index in [1.54, 1.807) is 7.11 Å². The maximum atomic E-state index is 5.49. The number of nitrogens with one attached hydrogen (secondary N) is 1. The number of benzene rings is 1. The van der Waals surface area contributed by atoms with E-state index in [0.717, 1.165) is 18.0 Å². The molecule has 102 valence electrons. The molecule has 0 amide bonds. The van der Waals surface area contributed by atoms with Gasteiger partial charge in [0.15, 0.2) is 0 Å². The number of nitrogens with zero attached hydrogens (tertiary/aromatic N) is 1. The highest BCUT2D eigenvalue weighted by Gasteiger charge is 2.19. The number of aryl methyl sites for hydroxylation is 2. The molecule has 0 aliphatic heterocycles. The maximum absolute atomic E-state index is 5.49. The molecule has 1 aromatic rings. The molecule has 0 aliphatic rings. The lowest BCUT2D eigenvalue weighted by molar-refractivity contribution is 0.405. The van der Waals surface area contributed by atoms with Crippen molar-refractivity contribution in [1.29, 1.82) is 0 Å². The van der Waals surface area contributed by atoms with Crippen molar-refractivity contribution in [3.05, 3.63) is 23.3 Å². The Hall–Kier alpha value is -1.22. The van der Waals surface area contributed by atoms with E-state index in [9.17, 15) is 0 Å². The zero-order valence-corrected chi connectivity index (χ0v) is 12.7. The van der Waals surface area contributed by atoms with E-state index < -0.39 is 0 Å². The Morgan fingerprint density at radius 1 is 1.22 bits per heavy atom. The Morgan fingerprint density at radius 2 is 1.78 bits per heavy atom. The molecule has 0 spiro atoms. The van der Waals surface area contributed by atoms with E-state index in [-0.39, 0.29) is 5.54 Å². The topological polar surface area (TPSA) is 24.5 Å². The number of hydrogen-bond acceptors (Lipinski definition) is 3. The summed E-state index contributed by atoms with van der Waals surface area (Å²) < 4.78 is 5.49. The number of rotatable bonds is 5. The van der Waals surface area contributed by atoms with Crippen molar-refractivity contribution in [2.24, 2.45) is 0 Å². The van der Waals surface area contributed by atoms with Gasteiger partial charge in [-0.3, -0.25) is 0 Å². The average molecular weight is 250 g/mol. The summed E-state index contributed by atoms with van der Waals surface area (Å²) in [6.07, 6.45) is 0. The molecule has 3 heteroatoms. The van der Waals surface area contributed by atoms with Crippen LogP contribution in [0.4, 0.5) is 5.69 Å². The molecule has 1 aromatic carbocycles. The quantitative estimate of drug-likeness (QED) is 0.869. The van der Waals surface area contributed by atoms with Crippen LogP contribution in [0.2, 0.25) is 0 Å². The molecule has 0 aliphatic carbocycles. The second kappa shape index (κ2) is 5.61. The molecule has 0 atom stereocenters. The standard InChI is InChI=1S/C15H26N2O/c1-11-8-13(14(18-7)9-12(11)2)17(6)10-15(3,4)16-5/h8-9,16H,10H2,1-7H3. The van der Waals surface area contributed by atoms with Gasteiger partial charge in [0.25, 0.3) is 0 Å². The molecular weight excluding hydrogens is 224 g/mol. The molecule has 0 radical (unpaired) electrons. The molecule has 18 heavy (non-hydrogen) atoms. The van der Waals surface area contributed by atoms with Crippen molar-refractivity contribution in [1.82, 2.24) is 5.32 Å². The molecule has 0 bridgehead atoms. The molecule has 0 heterocycles. The number of likely N-dealkylation sites (N-methyl/N-ethyl adjacent to an activating group) is 2. The SMILES string of the molecule is CNC(C)(C)CN(C)c1cc(C)c(C)cc1OC. The summed E-state index contributed by atoms with van der Waals surface area (Å²) in [6, 6.07) is 4.30. The second-order valence-electron chi connectivity index (χ2n) is 5.60. The van der Waals surface area contributed by atoms with Gasteiger partial charge in [-0.1, -0.05) is 0 Å². The van der Waals surface area contributed by atoms with Crippen LogP contribution in [0.25, 0.3) is 0 Å². The summed E-state index contributed by atoms with van der Waals surface area (Å²) in [7, 11) is 5.82. The third-order valence-electron chi connectivity index (χ3n) is 3.52. The Morgan fingerprint density at radius 3 is 2.28 bits per heavy atom. The van der Waals surface area contributed by atoms with Gasteiger partial charge in [-0.2, -0.15) is 0 Å². The molecule has 1 N–H and O–H groups in total. The predicted octanol–water partition coefficient (Wildman–Crippen LogP) is 2.75. The van der Waals surface area contributed by atoms with Crippen LogP contribution >= 0.6 is 0 Å². The summed E-state index contributed by atoms with van der Waals surface area (Å²) in [6.45, 7) is 9.55. The highest BCUT2D eigenvalue weighted by atomic mass is 16.5. The highest BCUT2D eigenvalue weighted by molar-refractivity contribution is 5.61. The van der Waals surface area contributed by atoms with Crippen molar-refractivity contribution < 1.29 is 4.74 Å². The van der Waals surface area contributed by atoms with Crippen molar-refractivity contribution >= 4 is 5.69 Å². The fourth-order valence-electron chi connectivity index (χ4n) is 1.99. The minimum atomic E-state index is 0.0680. The van der Waals surface area contributed by atoms with Gasteiger partial charge >= 0.3 is 0 Å². The highest BCUT2D eigenvalue weighted by Crippen LogP contribution is 2.31. The van der Waals surface area contributed by atoms with E-state index in [4.69, 9.17) is 4.74 Å². The molecule has 0 saturated heterocycles. The van der Waals surface area contributed by atoms with Gasteiger partial charge < -0.3 is 15.0 Å². The number of hydrogen-bond donors (Lipinski definition) is 1. The number of ether oxygens (including phenoxy) is 1.